The lowest BCUT2D eigenvalue weighted by Crippen LogP contribution is -2.60. The van der Waals surface area contributed by atoms with Crippen LogP contribution in [0.2, 0.25) is 0 Å². The average molecular weight is 423 g/mol. The summed E-state index contributed by atoms with van der Waals surface area (Å²) in [6.45, 7) is 0.924. The molecule has 1 fully saturated rings. The summed E-state index contributed by atoms with van der Waals surface area (Å²) in [6, 6.07) is 11.9. The van der Waals surface area contributed by atoms with Crippen molar-refractivity contribution in [2.24, 2.45) is 0 Å². The summed E-state index contributed by atoms with van der Waals surface area (Å²) in [6.07, 6.45) is 8.36. The largest absolute Gasteiger partial charge is 0.361 e. The number of aromatic nitrogens is 2. The van der Waals surface area contributed by atoms with E-state index in [1.165, 1.54) is 0 Å². The molecule has 0 atom stereocenters. The van der Waals surface area contributed by atoms with Gasteiger partial charge in [0.05, 0.1) is 0 Å². The first kappa shape index (κ1) is 20.5. The summed E-state index contributed by atoms with van der Waals surface area (Å²) in [5.74, 6) is 1.67. The number of hydrogen-bond acceptors (Lipinski definition) is 4. The van der Waals surface area contributed by atoms with E-state index in [0.717, 1.165) is 39.9 Å². The third-order valence-electron chi connectivity index (χ3n) is 5.89. The SMILES string of the molecule is O=CN(CCc1c[nH]c2ccccc12)C1(C(=O)NCc2cccnc2)CCSCC1. The molecule has 0 radical (unpaired) electrons. The monoisotopic (exact) mass is 422 g/mol. The topological polar surface area (TPSA) is 78.1 Å². The molecule has 0 unspecified atom stereocenters. The van der Waals surface area contributed by atoms with Crippen LogP contribution in [0.4, 0.5) is 0 Å². The second-order valence-electron chi connectivity index (χ2n) is 7.60. The molecular formula is C23H26N4O2S. The lowest BCUT2D eigenvalue weighted by molar-refractivity contribution is -0.141. The lowest BCUT2D eigenvalue weighted by atomic mass is 9.88. The van der Waals surface area contributed by atoms with Gasteiger partial charge in [0.25, 0.3) is 0 Å². The predicted octanol–water partition coefficient (Wildman–Crippen LogP) is 3.15. The van der Waals surface area contributed by atoms with Crippen molar-refractivity contribution in [3.63, 3.8) is 0 Å². The van der Waals surface area contributed by atoms with E-state index in [1.807, 2.05) is 48.3 Å². The normalized spacial score (nSPS) is 15.6. The molecule has 0 aliphatic carbocycles. The van der Waals surface area contributed by atoms with Gasteiger partial charge in [-0.1, -0.05) is 24.3 Å². The number of pyridine rings is 1. The Hall–Kier alpha value is -2.80. The van der Waals surface area contributed by atoms with Crippen LogP contribution < -0.4 is 5.32 Å². The number of thioether (sulfide) groups is 1. The number of carbonyl (C=O) groups excluding carboxylic acids is 2. The van der Waals surface area contributed by atoms with Crippen LogP contribution in [0.1, 0.15) is 24.0 Å². The standard InChI is InChI=1S/C23H26N4O2S/c28-17-27(11-7-19-16-25-21-6-2-1-5-20(19)21)23(8-12-30-13-9-23)22(29)26-15-18-4-3-10-24-14-18/h1-6,10,14,16-17,25H,7-9,11-13,15H2,(H,26,29). The van der Waals surface area contributed by atoms with Crippen molar-refractivity contribution in [2.75, 3.05) is 18.1 Å². The lowest BCUT2D eigenvalue weighted by Gasteiger charge is -2.43. The highest BCUT2D eigenvalue weighted by Crippen LogP contribution is 2.33. The first-order chi connectivity index (χ1) is 14.7. The predicted molar refractivity (Wildman–Crippen MR) is 120 cm³/mol. The summed E-state index contributed by atoms with van der Waals surface area (Å²) >= 11 is 1.84. The van der Waals surface area contributed by atoms with Crippen LogP contribution in [0.25, 0.3) is 10.9 Å². The van der Waals surface area contributed by atoms with Crippen molar-refractivity contribution in [3.8, 4) is 0 Å². The number of para-hydroxylation sites is 1. The second kappa shape index (κ2) is 9.34. The Kier molecular flexibility index (Phi) is 6.38. The second-order valence-corrected chi connectivity index (χ2v) is 8.82. The molecule has 0 spiro atoms. The fourth-order valence-electron chi connectivity index (χ4n) is 4.15. The maximum Gasteiger partial charge on any atom is 0.246 e. The number of rotatable bonds is 8. The number of nitrogens with one attached hydrogen (secondary N) is 2. The van der Waals surface area contributed by atoms with Gasteiger partial charge in [-0.2, -0.15) is 11.8 Å². The minimum absolute atomic E-state index is 0.0716. The average Bonchev–Trinajstić information content (AvgIpc) is 3.22. The molecule has 0 bridgehead atoms. The molecular weight excluding hydrogens is 396 g/mol. The summed E-state index contributed by atoms with van der Waals surface area (Å²) < 4.78 is 0. The van der Waals surface area contributed by atoms with Crippen LogP contribution >= 0.6 is 11.8 Å². The minimum atomic E-state index is -0.790. The Labute approximate surface area is 180 Å². The van der Waals surface area contributed by atoms with Crippen LogP contribution in [0.5, 0.6) is 0 Å². The molecule has 1 aliphatic heterocycles. The van der Waals surface area contributed by atoms with Crippen LogP contribution in [0.15, 0.2) is 55.0 Å². The van der Waals surface area contributed by atoms with Gasteiger partial charge in [-0.15, -0.1) is 0 Å². The van der Waals surface area contributed by atoms with Crippen LogP contribution in [-0.2, 0) is 22.6 Å². The first-order valence-corrected chi connectivity index (χ1v) is 11.4. The molecule has 1 aliphatic rings. The van der Waals surface area contributed by atoms with Crippen LogP contribution in [-0.4, -0.2) is 50.8 Å². The molecule has 156 valence electrons. The molecule has 6 nitrogen and oxygen atoms in total. The van der Waals surface area contributed by atoms with E-state index in [-0.39, 0.29) is 5.91 Å². The van der Waals surface area contributed by atoms with Gasteiger partial charge in [-0.25, -0.2) is 0 Å². The number of nitrogens with zero attached hydrogens (tertiary/aromatic N) is 2. The smallest absolute Gasteiger partial charge is 0.246 e. The Morgan fingerprint density at radius 1 is 1.23 bits per heavy atom. The Balaban J connectivity index is 1.50. The molecule has 2 N–H and O–H groups in total. The summed E-state index contributed by atoms with van der Waals surface area (Å²) in [5, 5.41) is 4.22. The number of aromatic amines is 1. The van der Waals surface area contributed by atoms with Gasteiger partial charge in [0.1, 0.15) is 5.54 Å². The highest BCUT2D eigenvalue weighted by Gasteiger charge is 2.44. The number of benzene rings is 1. The number of fused-ring (bicyclic) bond motifs is 1. The van der Waals surface area contributed by atoms with E-state index >= 15 is 0 Å². The van der Waals surface area contributed by atoms with Crippen molar-refractivity contribution in [1.82, 2.24) is 20.2 Å². The molecule has 0 saturated carbocycles. The number of amides is 2. The Morgan fingerprint density at radius 2 is 2.07 bits per heavy atom. The van der Waals surface area contributed by atoms with E-state index < -0.39 is 5.54 Å². The summed E-state index contributed by atoms with van der Waals surface area (Å²) in [7, 11) is 0. The third kappa shape index (κ3) is 4.21. The van der Waals surface area contributed by atoms with E-state index in [0.29, 0.717) is 32.4 Å². The van der Waals surface area contributed by atoms with Gasteiger partial charge >= 0.3 is 0 Å². The molecule has 1 saturated heterocycles. The first-order valence-electron chi connectivity index (χ1n) is 10.2. The minimum Gasteiger partial charge on any atom is -0.361 e. The van der Waals surface area contributed by atoms with Crippen molar-refractivity contribution in [2.45, 2.75) is 31.3 Å². The van der Waals surface area contributed by atoms with E-state index in [1.54, 1.807) is 17.3 Å². The molecule has 4 rings (SSSR count). The Bertz CT molecular complexity index is 999. The highest BCUT2D eigenvalue weighted by atomic mass is 32.2. The molecule has 3 aromatic rings. The fraction of sp³-hybridized carbons (Fsp3) is 0.348. The van der Waals surface area contributed by atoms with Crippen molar-refractivity contribution in [3.05, 3.63) is 66.1 Å². The van der Waals surface area contributed by atoms with Gasteiger partial charge in [0.2, 0.25) is 12.3 Å². The Morgan fingerprint density at radius 3 is 2.83 bits per heavy atom. The highest BCUT2D eigenvalue weighted by molar-refractivity contribution is 7.99. The molecule has 30 heavy (non-hydrogen) atoms. The van der Waals surface area contributed by atoms with E-state index in [9.17, 15) is 9.59 Å². The number of hydrogen-bond donors (Lipinski definition) is 2. The third-order valence-corrected chi connectivity index (χ3v) is 6.88. The maximum absolute atomic E-state index is 13.3. The maximum atomic E-state index is 13.3. The molecule has 1 aromatic carbocycles. The molecule has 2 aromatic heterocycles. The zero-order valence-corrected chi connectivity index (χ0v) is 17.7. The van der Waals surface area contributed by atoms with Crippen LogP contribution in [0.3, 0.4) is 0 Å². The molecule has 3 heterocycles. The van der Waals surface area contributed by atoms with E-state index in [2.05, 4.69) is 21.4 Å². The quantitative estimate of drug-likeness (QED) is 0.547. The zero-order chi connectivity index (χ0) is 20.8. The number of H-pyrrole nitrogens is 1. The van der Waals surface area contributed by atoms with Gasteiger partial charge in [0, 0.05) is 42.6 Å². The number of carbonyl (C=O) groups is 2. The van der Waals surface area contributed by atoms with Crippen molar-refractivity contribution >= 4 is 35.0 Å². The molecule has 7 heteroatoms. The van der Waals surface area contributed by atoms with Crippen molar-refractivity contribution in [1.29, 1.82) is 0 Å². The van der Waals surface area contributed by atoms with Gasteiger partial charge in [-0.05, 0) is 54.0 Å². The van der Waals surface area contributed by atoms with Crippen LogP contribution in [0, 0.1) is 0 Å². The van der Waals surface area contributed by atoms with Gasteiger partial charge in [-0.3, -0.25) is 14.6 Å². The summed E-state index contributed by atoms with van der Waals surface area (Å²) in [5.41, 5.74) is 2.40. The van der Waals surface area contributed by atoms with Gasteiger partial charge < -0.3 is 15.2 Å². The molecule has 2 amide bonds. The summed E-state index contributed by atoms with van der Waals surface area (Å²) in [4.78, 5) is 34.6. The van der Waals surface area contributed by atoms with Gasteiger partial charge in [0.15, 0.2) is 0 Å². The van der Waals surface area contributed by atoms with Crippen molar-refractivity contribution < 1.29 is 9.59 Å². The zero-order valence-electron chi connectivity index (χ0n) is 16.8. The van der Waals surface area contributed by atoms with E-state index in [4.69, 9.17) is 0 Å². The fourth-order valence-corrected chi connectivity index (χ4v) is 5.32.